The van der Waals surface area contributed by atoms with Crippen molar-refractivity contribution in [2.75, 3.05) is 24.7 Å². The predicted molar refractivity (Wildman–Crippen MR) is 76.8 cm³/mol. The minimum absolute atomic E-state index is 0. The summed E-state index contributed by atoms with van der Waals surface area (Å²) in [4.78, 5) is 14.4. The molecule has 2 rings (SSSR count). The maximum absolute atomic E-state index is 5.79. The van der Waals surface area contributed by atoms with Gasteiger partial charge in [-0.25, -0.2) is 15.0 Å². The fourth-order valence-electron chi connectivity index (χ4n) is 1.79. The van der Waals surface area contributed by atoms with Crippen molar-refractivity contribution >= 4 is 30.6 Å². The molecule has 1 fully saturated rings. The first kappa shape index (κ1) is 17.4. The zero-order chi connectivity index (χ0) is 11.5. The van der Waals surface area contributed by atoms with E-state index in [4.69, 9.17) is 4.84 Å². The number of anilines is 1. The zero-order valence-electron chi connectivity index (χ0n) is 10.8. The second-order valence-corrected chi connectivity index (χ2v) is 4.14. The smallest absolute Gasteiger partial charge is 0.156 e. The van der Waals surface area contributed by atoms with Gasteiger partial charge >= 0.3 is 0 Å². The van der Waals surface area contributed by atoms with E-state index in [2.05, 4.69) is 15.3 Å². The van der Waals surface area contributed by atoms with E-state index in [1.165, 1.54) is 0 Å². The molecule has 2 heterocycles. The summed E-state index contributed by atoms with van der Waals surface area (Å²) in [7, 11) is 0. The quantitative estimate of drug-likeness (QED) is 0.854. The second-order valence-electron chi connectivity index (χ2n) is 4.14. The van der Waals surface area contributed by atoms with E-state index >= 15 is 0 Å². The summed E-state index contributed by atoms with van der Waals surface area (Å²) in [6.07, 6.45) is 0.165. The molecule has 1 aromatic rings. The molecule has 18 heavy (non-hydrogen) atoms. The number of aromatic nitrogens is 2. The van der Waals surface area contributed by atoms with Crippen LogP contribution < -0.4 is 10.4 Å². The van der Waals surface area contributed by atoms with Crippen molar-refractivity contribution < 1.29 is 4.84 Å². The topological polar surface area (TPSA) is 50.3 Å². The summed E-state index contributed by atoms with van der Waals surface area (Å²) >= 11 is 0. The predicted octanol–water partition coefficient (Wildman–Crippen LogP) is 1.67. The largest absolute Gasteiger partial charge is 0.312 e. The molecule has 0 bridgehead atoms. The summed E-state index contributed by atoms with van der Waals surface area (Å²) in [5.74, 6) is 1.63. The molecule has 1 N–H and O–H groups in total. The monoisotopic (exact) mass is 294 g/mol. The molecule has 1 aliphatic heterocycles. The van der Waals surface area contributed by atoms with E-state index in [-0.39, 0.29) is 30.9 Å². The summed E-state index contributed by atoms with van der Waals surface area (Å²) in [6, 6.07) is 1.95. The first-order valence-corrected chi connectivity index (χ1v) is 5.62. The molecule has 1 aromatic heterocycles. The molecule has 1 aliphatic rings. The van der Waals surface area contributed by atoms with Crippen LogP contribution >= 0.6 is 24.8 Å². The molecule has 1 saturated heterocycles. The van der Waals surface area contributed by atoms with E-state index in [0.717, 1.165) is 37.0 Å². The first-order valence-electron chi connectivity index (χ1n) is 5.62. The van der Waals surface area contributed by atoms with Gasteiger partial charge in [-0.15, -0.1) is 24.8 Å². The summed E-state index contributed by atoms with van der Waals surface area (Å²) < 4.78 is 0. The third-order valence-corrected chi connectivity index (χ3v) is 2.44. The highest BCUT2D eigenvalue weighted by molar-refractivity contribution is 5.85. The fraction of sp³-hybridized carbons (Fsp3) is 0.636. The normalized spacial score (nSPS) is 19.5. The van der Waals surface area contributed by atoms with Crippen LogP contribution in [0.3, 0.4) is 0 Å². The number of nitrogens with one attached hydrogen (secondary N) is 1. The Morgan fingerprint density at radius 1 is 1.33 bits per heavy atom. The second kappa shape index (κ2) is 7.74. The van der Waals surface area contributed by atoms with Crippen LogP contribution in [0.15, 0.2) is 6.07 Å². The number of aryl methyl sites for hydroxylation is 2. The van der Waals surface area contributed by atoms with Crippen molar-refractivity contribution in [3.8, 4) is 0 Å². The van der Waals surface area contributed by atoms with E-state index < -0.39 is 0 Å². The molecule has 0 unspecified atom stereocenters. The maximum atomic E-state index is 5.79. The molecule has 0 amide bonds. The van der Waals surface area contributed by atoms with Gasteiger partial charge in [0, 0.05) is 24.8 Å². The average molecular weight is 295 g/mol. The Bertz CT molecular complexity index is 358. The molecule has 0 aliphatic carbocycles. The summed E-state index contributed by atoms with van der Waals surface area (Å²) in [6.45, 7) is 8.51. The van der Waals surface area contributed by atoms with Crippen LogP contribution in [0.5, 0.6) is 0 Å². The zero-order valence-corrected chi connectivity index (χ0v) is 12.5. The van der Waals surface area contributed by atoms with Crippen molar-refractivity contribution in [2.45, 2.75) is 26.9 Å². The van der Waals surface area contributed by atoms with Gasteiger partial charge in [-0.3, -0.25) is 4.84 Å². The van der Waals surface area contributed by atoms with Gasteiger partial charge < -0.3 is 5.32 Å². The van der Waals surface area contributed by atoms with Crippen LogP contribution in [0.4, 0.5) is 5.82 Å². The highest BCUT2D eigenvalue weighted by Crippen LogP contribution is 2.14. The van der Waals surface area contributed by atoms with Crippen molar-refractivity contribution in [2.24, 2.45) is 0 Å². The lowest BCUT2D eigenvalue weighted by Gasteiger charge is -2.23. The lowest BCUT2D eigenvalue weighted by atomic mass is 10.4. The van der Waals surface area contributed by atoms with Crippen LogP contribution in [-0.2, 0) is 4.84 Å². The third-order valence-electron chi connectivity index (χ3n) is 2.44. The first-order chi connectivity index (χ1) is 7.65. The van der Waals surface area contributed by atoms with Crippen molar-refractivity contribution in [1.82, 2.24) is 15.3 Å². The van der Waals surface area contributed by atoms with Crippen molar-refractivity contribution in [3.63, 3.8) is 0 Å². The number of hydrogen-bond donors (Lipinski definition) is 1. The average Bonchev–Trinajstić information content (AvgIpc) is 2.41. The van der Waals surface area contributed by atoms with Crippen LogP contribution in [0.2, 0.25) is 0 Å². The van der Waals surface area contributed by atoms with Gasteiger partial charge in [0.2, 0.25) is 0 Å². The Balaban J connectivity index is 0.00000144. The summed E-state index contributed by atoms with van der Waals surface area (Å²) in [5, 5.41) is 5.17. The molecular weight excluding hydrogens is 275 g/mol. The number of rotatable bonds is 1. The Kier molecular flexibility index (Phi) is 7.47. The van der Waals surface area contributed by atoms with E-state index in [1.54, 1.807) is 0 Å². The fourth-order valence-corrected chi connectivity index (χ4v) is 1.79. The molecule has 0 aromatic carbocycles. The maximum Gasteiger partial charge on any atom is 0.156 e. The molecule has 0 saturated carbocycles. The molecule has 0 radical (unpaired) electrons. The Morgan fingerprint density at radius 2 is 2.06 bits per heavy atom. The molecule has 7 heteroatoms. The molecule has 5 nitrogen and oxygen atoms in total. The highest BCUT2D eigenvalue weighted by Gasteiger charge is 2.17. The van der Waals surface area contributed by atoms with Crippen LogP contribution in [-0.4, -0.2) is 35.7 Å². The van der Waals surface area contributed by atoms with Gasteiger partial charge in [0.05, 0.1) is 12.6 Å². The lowest BCUT2D eigenvalue weighted by molar-refractivity contribution is 0.0572. The van der Waals surface area contributed by atoms with Gasteiger partial charge in [0.25, 0.3) is 0 Å². The third kappa shape index (κ3) is 4.57. The van der Waals surface area contributed by atoms with Crippen molar-refractivity contribution in [1.29, 1.82) is 0 Å². The van der Waals surface area contributed by atoms with Gasteiger partial charge in [0.15, 0.2) is 5.82 Å². The molecule has 104 valence electrons. The highest BCUT2D eigenvalue weighted by atomic mass is 35.5. The van der Waals surface area contributed by atoms with Gasteiger partial charge in [-0.1, -0.05) is 0 Å². The van der Waals surface area contributed by atoms with Gasteiger partial charge in [-0.2, -0.15) is 0 Å². The summed E-state index contributed by atoms with van der Waals surface area (Å²) in [5.41, 5.74) is 0.968. The van der Waals surface area contributed by atoms with Crippen LogP contribution in [0.1, 0.15) is 18.4 Å². The van der Waals surface area contributed by atoms with Crippen LogP contribution in [0.25, 0.3) is 0 Å². The van der Waals surface area contributed by atoms with E-state index in [1.807, 2.05) is 31.9 Å². The number of hydroxylamine groups is 1. The molecule has 0 spiro atoms. The lowest BCUT2D eigenvalue weighted by Crippen LogP contribution is -2.29. The van der Waals surface area contributed by atoms with Gasteiger partial charge in [-0.05, 0) is 20.8 Å². The Labute approximate surface area is 120 Å². The Hall–Kier alpha value is -0.620. The number of halogens is 2. The van der Waals surface area contributed by atoms with E-state index in [9.17, 15) is 0 Å². The molecular formula is C11H20Cl2N4O. The standard InChI is InChI=1S/C11H18N4O.2ClH/c1-8-6-11(14-10(3)13-8)15-5-4-12-7-9(2)16-15;;/h6,9,12H,4-5,7H2,1-3H3;2*1H/t9-;;/m0../s1. The van der Waals surface area contributed by atoms with Crippen LogP contribution in [0, 0.1) is 13.8 Å². The minimum atomic E-state index is 0. The number of hydrogen-bond acceptors (Lipinski definition) is 5. The van der Waals surface area contributed by atoms with Crippen molar-refractivity contribution in [3.05, 3.63) is 17.6 Å². The van der Waals surface area contributed by atoms with E-state index in [0.29, 0.717) is 0 Å². The number of nitrogens with zero attached hydrogens (tertiary/aromatic N) is 3. The Morgan fingerprint density at radius 3 is 2.72 bits per heavy atom. The minimum Gasteiger partial charge on any atom is -0.312 e. The molecule has 1 atom stereocenters. The SMILES string of the molecule is Cc1cc(N2CCNC[C@H](C)O2)nc(C)n1.Cl.Cl. The van der Waals surface area contributed by atoms with Gasteiger partial charge in [0.1, 0.15) is 5.82 Å².